The molecule has 29 heavy (non-hydrogen) atoms. The minimum absolute atomic E-state index is 0.122. The van der Waals surface area contributed by atoms with Crippen LogP contribution >= 0.6 is 15.9 Å². The fraction of sp³-hybridized carbons (Fsp3) is 0.318. The number of benzene rings is 2. The van der Waals surface area contributed by atoms with Crippen molar-refractivity contribution in [3.63, 3.8) is 0 Å². The molecule has 0 spiro atoms. The van der Waals surface area contributed by atoms with Crippen molar-refractivity contribution in [1.29, 1.82) is 0 Å². The van der Waals surface area contributed by atoms with Gasteiger partial charge >= 0.3 is 0 Å². The van der Waals surface area contributed by atoms with Gasteiger partial charge in [-0.2, -0.15) is 0 Å². The van der Waals surface area contributed by atoms with Crippen LogP contribution in [0.5, 0.6) is 5.75 Å². The van der Waals surface area contributed by atoms with Gasteiger partial charge in [-0.05, 0) is 61.7 Å². The number of likely N-dealkylation sites (N-methyl/N-ethyl adjacent to an activating group) is 1. The summed E-state index contributed by atoms with van der Waals surface area (Å²) in [4.78, 5) is 14.7. The maximum Gasteiger partial charge on any atom is 0.276 e. The number of hydrogen-bond donors (Lipinski definition) is 0. The van der Waals surface area contributed by atoms with Gasteiger partial charge in [-0.25, -0.2) is 4.68 Å². The third kappa shape index (κ3) is 4.50. The number of hydrogen-bond acceptors (Lipinski definition) is 4. The van der Waals surface area contributed by atoms with E-state index in [1.807, 2.05) is 55.5 Å². The van der Waals surface area contributed by atoms with Crippen molar-refractivity contribution in [3.8, 4) is 11.4 Å². The van der Waals surface area contributed by atoms with Crippen molar-refractivity contribution in [1.82, 2.24) is 19.9 Å². The highest BCUT2D eigenvalue weighted by molar-refractivity contribution is 9.10. The smallest absolute Gasteiger partial charge is 0.276 e. The molecule has 0 N–H and O–H groups in total. The maximum atomic E-state index is 13.0. The predicted molar refractivity (Wildman–Crippen MR) is 115 cm³/mol. The second-order valence-electron chi connectivity index (χ2n) is 7.38. The highest BCUT2D eigenvalue weighted by Crippen LogP contribution is 2.42. The zero-order valence-corrected chi connectivity index (χ0v) is 18.1. The lowest BCUT2D eigenvalue weighted by molar-refractivity contribution is 0.0766. The Kier molecular flexibility index (Phi) is 5.67. The molecule has 2 aromatic carbocycles. The van der Waals surface area contributed by atoms with E-state index in [2.05, 4.69) is 26.2 Å². The summed E-state index contributed by atoms with van der Waals surface area (Å²) in [6.45, 7) is 2.92. The van der Waals surface area contributed by atoms with Crippen molar-refractivity contribution < 1.29 is 9.53 Å². The van der Waals surface area contributed by atoms with Crippen LogP contribution in [-0.4, -0.2) is 46.0 Å². The fourth-order valence-electron chi connectivity index (χ4n) is 3.23. The summed E-state index contributed by atoms with van der Waals surface area (Å²) in [5.41, 5.74) is 3.40. The van der Waals surface area contributed by atoms with Gasteiger partial charge in [0.25, 0.3) is 5.91 Å². The van der Waals surface area contributed by atoms with Crippen molar-refractivity contribution in [2.45, 2.75) is 25.7 Å². The first-order valence-electron chi connectivity index (χ1n) is 9.69. The third-order valence-corrected chi connectivity index (χ3v) is 5.50. The third-order valence-electron chi connectivity index (χ3n) is 4.97. The second-order valence-corrected chi connectivity index (χ2v) is 8.29. The molecule has 6 nitrogen and oxygen atoms in total. The molecule has 0 saturated heterocycles. The van der Waals surface area contributed by atoms with Crippen molar-refractivity contribution in [2.24, 2.45) is 0 Å². The van der Waals surface area contributed by atoms with Crippen LogP contribution in [0.3, 0.4) is 0 Å². The average Bonchev–Trinajstić information content (AvgIpc) is 3.46. The van der Waals surface area contributed by atoms with Crippen LogP contribution in [0.2, 0.25) is 0 Å². The minimum Gasteiger partial charge on any atom is -0.492 e. The Morgan fingerprint density at radius 2 is 2.00 bits per heavy atom. The van der Waals surface area contributed by atoms with E-state index in [0.717, 1.165) is 40.0 Å². The molecule has 1 amide bonds. The Morgan fingerprint density at radius 3 is 2.69 bits per heavy atom. The molecule has 0 atom stereocenters. The van der Waals surface area contributed by atoms with Crippen LogP contribution in [0.4, 0.5) is 0 Å². The number of amides is 1. The first-order valence-corrected chi connectivity index (χ1v) is 10.5. The van der Waals surface area contributed by atoms with Gasteiger partial charge in [0, 0.05) is 17.4 Å². The van der Waals surface area contributed by atoms with Crippen molar-refractivity contribution in [3.05, 3.63) is 70.0 Å². The summed E-state index contributed by atoms with van der Waals surface area (Å²) in [5.74, 6) is 1.03. The maximum absolute atomic E-state index is 13.0. The molecule has 7 heteroatoms. The van der Waals surface area contributed by atoms with E-state index in [9.17, 15) is 4.79 Å². The van der Waals surface area contributed by atoms with E-state index in [-0.39, 0.29) is 5.91 Å². The molecular weight excluding hydrogens is 432 g/mol. The molecule has 150 valence electrons. The van der Waals surface area contributed by atoms with Crippen LogP contribution in [0, 0.1) is 6.92 Å². The first kappa shape index (κ1) is 19.6. The molecule has 0 bridgehead atoms. The quantitative estimate of drug-likeness (QED) is 0.531. The van der Waals surface area contributed by atoms with E-state index in [1.54, 1.807) is 16.6 Å². The van der Waals surface area contributed by atoms with Crippen molar-refractivity contribution in [2.75, 3.05) is 20.2 Å². The van der Waals surface area contributed by atoms with Gasteiger partial charge in [0.05, 0.1) is 17.9 Å². The molecule has 0 radical (unpaired) electrons. The summed E-state index contributed by atoms with van der Waals surface area (Å²) in [5, 5.41) is 8.54. The van der Waals surface area contributed by atoms with Crippen molar-refractivity contribution >= 4 is 21.8 Å². The molecule has 1 saturated carbocycles. The summed E-state index contributed by atoms with van der Waals surface area (Å²) in [7, 11) is 1.78. The zero-order valence-electron chi connectivity index (χ0n) is 16.5. The molecule has 1 fully saturated rings. The normalized spacial score (nSPS) is 13.3. The average molecular weight is 455 g/mol. The Bertz CT molecular complexity index is 1010. The molecule has 1 aromatic heterocycles. The predicted octanol–water partition coefficient (Wildman–Crippen LogP) is 4.37. The Morgan fingerprint density at radius 1 is 1.24 bits per heavy atom. The number of carbonyl (C=O) groups excluding carboxylic acids is 1. The molecule has 1 heterocycles. The summed E-state index contributed by atoms with van der Waals surface area (Å²) in [6, 6.07) is 15.8. The van der Waals surface area contributed by atoms with Gasteiger partial charge in [0.2, 0.25) is 0 Å². The van der Waals surface area contributed by atoms with Gasteiger partial charge in [-0.3, -0.25) is 4.79 Å². The lowest BCUT2D eigenvalue weighted by Crippen LogP contribution is -2.31. The number of nitrogens with zero attached hydrogens (tertiary/aromatic N) is 4. The van der Waals surface area contributed by atoms with Crippen LogP contribution < -0.4 is 4.74 Å². The first-order chi connectivity index (χ1) is 14.0. The van der Waals surface area contributed by atoms with Gasteiger partial charge in [-0.1, -0.05) is 33.3 Å². The van der Waals surface area contributed by atoms with E-state index < -0.39 is 0 Å². The molecule has 0 unspecified atom stereocenters. The topological polar surface area (TPSA) is 60.2 Å². The summed E-state index contributed by atoms with van der Waals surface area (Å²) >= 11 is 3.45. The highest BCUT2D eigenvalue weighted by Gasteiger charge is 2.35. The van der Waals surface area contributed by atoms with Gasteiger partial charge in [0.1, 0.15) is 12.4 Å². The molecule has 0 aliphatic heterocycles. The van der Waals surface area contributed by atoms with E-state index in [4.69, 9.17) is 4.74 Å². The summed E-state index contributed by atoms with van der Waals surface area (Å²) < 4.78 is 8.58. The number of rotatable bonds is 7. The Labute approximate surface area is 178 Å². The largest absolute Gasteiger partial charge is 0.492 e. The van der Waals surface area contributed by atoms with E-state index in [0.29, 0.717) is 24.8 Å². The number of ether oxygens (including phenoxy) is 1. The van der Waals surface area contributed by atoms with E-state index in [1.165, 1.54) is 0 Å². The van der Waals surface area contributed by atoms with Crippen LogP contribution in [-0.2, 0) is 0 Å². The van der Waals surface area contributed by atoms with Gasteiger partial charge in [-0.15, -0.1) is 5.10 Å². The number of aromatic nitrogens is 3. The molecular formula is C22H23BrN4O2. The van der Waals surface area contributed by atoms with Crippen LogP contribution in [0.15, 0.2) is 53.0 Å². The minimum atomic E-state index is -0.122. The van der Waals surface area contributed by atoms with Crippen LogP contribution in [0.25, 0.3) is 5.69 Å². The SMILES string of the molecule is Cc1cccc(OCCN(C)C(=O)c2nnn(-c3ccc(Br)cc3)c2C2CC2)c1. The highest BCUT2D eigenvalue weighted by atomic mass is 79.9. The van der Waals surface area contributed by atoms with Gasteiger partial charge in [0.15, 0.2) is 5.69 Å². The summed E-state index contributed by atoms with van der Waals surface area (Å²) in [6.07, 6.45) is 2.12. The zero-order chi connectivity index (χ0) is 20.4. The molecule has 1 aliphatic rings. The standard InChI is InChI=1S/C22H23BrN4O2/c1-15-4-3-5-19(14-15)29-13-12-26(2)22(28)20-21(16-6-7-16)27(25-24-20)18-10-8-17(23)9-11-18/h3-5,8-11,14,16H,6-7,12-13H2,1-2H3. The number of halogens is 1. The van der Waals surface area contributed by atoms with E-state index >= 15 is 0 Å². The molecule has 1 aliphatic carbocycles. The second kappa shape index (κ2) is 8.37. The lowest BCUT2D eigenvalue weighted by Gasteiger charge is -2.17. The monoisotopic (exact) mass is 454 g/mol. The fourth-order valence-corrected chi connectivity index (χ4v) is 3.49. The lowest BCUT2D eigenvalue weighted by atomic mass is 10.2. The Hall–Kier alpha value is -2.67. The number of carbonyl (C=O) groups is 1. The Balaban J connectivity index is 1.47. The molecule has 4 rings (SSSR count). The van der Waals surface area contributed by atoms with Crippen LogP contribution in [0.1, 0.15) is 40.5 Å². The molecule has 3 aromatic rings. The number of aryl methyl sites for hydroxylation is 1. The van der Waals surface area contributed by atoms with Gasteiger partial charge < -0.3 is 9.64 Å².